The average molecular weight is 507 g/mol. The van der Waals surface area contributed by atoms with Crippen LogP contribution in [0.3, 0.4) is 0 Å². The number of benzodiazepines with no additional fused rings is 1. The highest BCUT2D eigenvalue weighted by atomic mass is 16.5. The van der Waals surface area contributed by atoms with Gasteiger partial charge in [0.2, 0.25) is 6.17 Å². The van der Waals surface area contributed by atoms with Gasteiger partial charge in [-0.05, 0) is 18.2 Å². The maximum absolute atomic E-state index is 13.1. The van der Waals surface area contributed by atoms with E-state index in [4.69, 9.17) is 14.1 Å². The molecule has 0 bridgehead atoms. The summed E-state index contributed by atoms with van der Waals surface area (Å²) >= 11 is 0. The van der Waals surface area contributed by atoms with Gasteiger partial charge in [0.25, 0.3) is 11.8 Å². The molecule has 2 aliphatic rings. The number of nitriles is 1. The van der Waals surface area contributed by atoms with Crippen LogP contribution >= 0.6 is 0 Å². The second kappa shape index (κ2) is 10.1. The summed E-state index contributed by atoms with van der Waals surface area (Å²) in [6.07, 6.45) is -1.02. The van der Waals surface area contributed by atoms with Crippen LogP contribution in [0.25, 0.3) is 11.5 Å². The number of para-hydroxylation sites is 1. The van der Waals surface area contributed by atoms with Crippen LogP contribution in [0.1, 0.15) is 16.8 Å². The van der Waals surface area contributed by atoms with Gasteiger partial charge in [-0.25, -0.2) is 9.98 Å². The Bertz CT molecular complexity index is 1550. The second-order valence-electron chi connectivity index (χ2n) is 8.62. The van der Waals surface area contributed by atoms with Gasteiger partial charge in [0.15, 0.2) is 0 Å². The van der Waals surface area contributed by atoms with Crippen LogP contribution in [0.5, 0.6) is 0 Å². The zero-order valence-corrected chi connectivity index (χ0v) is 20.2. The molecule has 6 rings (SSSR count). The van der Waals surface area contributed by atoms with Crippen LogP contribution in [0.2, 0.25) is 0 Å². The minimum absolute atomic E-state index is 0.0274. The topological polar surface area (TPSA) is 142 Å². The predicted octanol–water partition coefficient (Wildman–Crippen LogP) is 3.07. The first-order valence-corrected chi connectivity index (χ1v) is 12.1. The molecule has 4 heterocycles. The van der Waals surface area contributed by atoms with E-state index in [1.807, 2.05) is 59.5 Å². The Balaban J connectivity index is 1.33. The predicted molar refractivity (Wildman–Crippen MR) is 140 cm³/mol. The van der Waals surface area contributed by atoms with Crippen molar-refractivity contribution in [3.63, 3.8) is 0 Å². The molecule has 0 spiro atoms. The minimum atomic E-state index is -1.02. The smallest absolute Gasteiger partial charge is 0.317 e. The number of anilines is 3. The third-order valence-electron chi connectivity index (χ3n) is 6.21. The van der Waals surface area contributed by atoms with Crippen molar-refractivity contribution in [2.75, 3.05) is 41.8 Å². The van der Waals surface area contributed by atoms with Crippen molar-refractivity contribution in [2.24, 2.45) is 4.99 Å². The molecule has 11 heteroatoms. The zero-order valence-electron chi connectivity index (χ0n) is 20.2. The normalized spacial score (nSPS) is 17.0. The molecule has 38 heavy (non-hydrogen) atoms. The molecule has 0 aliphatic carbocycles. The van der Waals surface area contributed by atoms with E-state index in [-0.39, 0.29) is 23.5 Å². The lowest BCUT2D eigenvalue weighted by atomic mass is 10.0. The molecule has 188 valence electrons. The molecular formula is C27H22N8O3. The summed E-state index contributed by atoms with van der Waals surface area (Å²) in [5, 5.41) is 23.6. The number of hydrogen-bond donors (Lipinski definition) is 2. The van der Waals surface area contributed by atoms with Gasteiger partial charge in [-0.2, -0.15) is 5.26 Å². The Morgan fingerprint density at radius 3 is 2.58 bits per heavy atom. The van der Waals surface area contributed by atoms with Gasteiger partial charge in [0.05, 0.1) is 30.2 Å². The number of rotatable bonds is 5. The van der Waals surface area contributed by atoms with Crippen LogP contribution in [0, 0.1) is 11.3 Å². The van der Waals surface area contributed by atoms with Gasteiger partial charge in [-0.15, -0.1) is 5.10 Å². The van der Waals surface area contributed by atoms with Gasteiger partial charge in [-0.1, -0.05) is 53.6 Å². The fourth-order valence-electron chi connectivity index (χ4n) is 4.38. The van der Waals surface area contributed by atoms with Crippen molar-refractivity contribution < 1.29 is 13.9 Å². The number of morpholine rings is 1. The molecule has 1 unspecified atom stereocenters. The molecule has 0 radical (unpaired) electrons. The lowest BCUT2D eigenvalue weighted by Crippen LogP contribution is -2.37. The van der Waals surface area contributed by atoms with Crippen LogP contribution < -0.4 is 15.5 Å². The van der Waals surface area contributed by atoms with Crippen LogP contribution in [-0.4, -0.2) is 59.3 Å². The Hall–Kier alpha value is -5.08. The first kappa shape index (κ1) is 23.3. The van der Waals surface area contributed by atoms with E-state index in [1.54, 1.807) is 12.1 Å². The summed E-state index contributed by atoms with van der Waals surface area (Å²) in [5.41, 5.74) is 3.86. The number of nitrogens with zero attached hydrogens (tertiary/aromatic N) is 6. The molecule has 1 saturated heterocycles. The largest absolute Gasteiger partial charge is 0.403 e. The quantitative estimate of drug-likeness (QED) is 0.418. The van der Waals surface area contributed by atoms with Crippen LogP contribution in [0.15, 0.2) is 76.1 Å². The third kappa shape index (κ3) is 4.56. The number of amides is 1. The molecule has 2 N–H and O–H groups in total. The summed E-state index contributed by atoms with van der Waals surface area (Å²) < 4.78 is 11.4. The van der Waals surface area contributed by atoms with E-state index in [0.717, 1.165) is 11.1 Å². The van der Waals surface area contributed by atoms with Crippen molar-refractivity contribution in [1.82, 2.24) is 15.2 Å². The van der Waals surface area contributed by atoms with E-state index in [1.165, 1.54) is 0 Å². The highest BCUT2D eigenvalue weighted by Crippen LogP contribution is 2.31. The highest BCUT2D eigenvalue weighted by molar-refractivity contribution is 6.19. The van der Waals surface area contributed by atoms with Crippen molar-refractivity contribution in [2.45, 2.75) is 6.17 Å². The van der Waals surface area contributed by atoms with E-state index in [9.17, 15) is 10.1 Å². The Kier molecular flexibility index (Phi) is 6.21. The maximum Gasteiger partial charge on any atom is 0.317 e. The van der Waals surface area contributed by atoms with Crippen molar-refractivity contribution in [1.29, 1.82) is 5.26 Å². The molecule has 0 saturated carbocycles. The number of ether oxygens (including phenoxy) is 1. The first-order valence-electron chi connectivity index (χ1n) is 12.1. The van der Waals surface area contributed by atoms with Crippen LogP contribution in [-0.2, 0) is 9.53 Å². The number of benzene rings is 2. The fraction of sp³-hybridized carbons (Fsp3) is 0.185. The van der Waals surface area contributed by atoms with Crippen molar-refractivity contribution >= 4 is 29.1 Å². The number of fused-ring (bicyclic) bond motifs is 1. The Morgan fingerprint density at radius 2 is 1.76 bits per heavy atom. The molecular weight excluding hydrogens is 484 g/mol. The fourth-order valence-corrected chi connectivity index (χ4v) is 4.38. The molecule has 1 atom stereocenters. The Labute approximate surface area is 217 Å². The standard InChI is InChI=1S/C27H22N8O3/c28-16-18-10-11-20(24(29-18)35-12-14-37-15-13-35)26-33-34-27(38-26)32-23-25(36)30-21-9-5-4-8-19(21)22(31-23)17-6-2-1-3-7-17/h1-11,23H,12-15H2,(H,30,36)(H,32,34). The second-order valence-corrected chi connectivity index (χ2v) is 8.62. The third-order valence-corrected chi connectivity index (χ3v) is 6.21. The number of pyridine rings is 1. The number of aromatic nitrogens is 3. The summed E-state index contributed by atoms with van der Waals surface area (Å²) in [5.74, 6) is 0.405. The monoisotopic (exact) mass is 506 g/mol. The molecule has 2 aliphatic heterocycles. The van der Waals surface area contributed by atoms with Gasteiger partial charge < -0.3 is 24.7 Å². The maximum atomic E-state index is 13.1. The molecule has 1 amide bonds. The average Bonchev–Trinajstić information content (AvgIpc) is 3.39. The van der Waals surface area contributed by atoms with E-state index in [0.29, 0.717) is 49.1 Å². The number of hydrogen-bond acceptors (Lipinski definition) is 10. The molecule has 11 nitrogen and oxygen atoms in total. The number of nitrogens with one attached hydrogen (secondary N) is 2. The summed E-state index contributed by atoms with van der Waals surface area (Å²) in [6.45, 7) is 2.34. The number of aliphatic imine (C=N–C) groups is 1. The molecule has 4 aromatic rings. The SMILES string of the molecule is N#Cc1ccc(-c2nnc(NC3N=C(c4ccccc4)c4ccccc4NC3=O)o2)c(N2CCOCC2)n1. The number of carbonyl (C=O) groups is 1. The van der Waals surface area contributed by atoms with Crippen molar-refractivity contribution in [3.8, 4) is 17.5 Å². The van der Waals surface area contributed by atoms with Crippen LogP contribution in [0.4, 0.5) is 17.5 Å². The van der Waals surface area contributed by atoms with Gasteiger partial charge in [0, 0.05) is 24.2 Å². The van der Waals surface area contributed by atoms with Gasteiger partial charge in [-0.3, -0.25) is 4.79 Å². The molecule has 2 aromatic heterocycles. The van der Waals surface area contributed by atoms with E-state index in [2.05, 4.69) is 31.9 Å². The molecule has 1 fully saturated rings. The zero-order chi connectivity index (χ0) is 25.9. The van der Waals surface area contributed by atoms with E-state index >= 15 is 0 Å². The van der Waals surface area contributed by atoms with E-state index < -0.39 is 6.17 Å². The first-order chi connectivity index (χ1) is 18.7. The minimum Gasteiger partial charge on any atom is -0.403 e. The molecule has 2 aromatic carbocycles. The Morgan fingerprint density at radius 1 is 0.974 bits per heavy atom. The lowest BCUT2D eigenvalue weighted by Gasteiger charge is -2.28. The highest BCUT2D eigenvalue weighted by Gasteiger charge is 2.28. The van der Waals surface area contributed by atoms with Crippen molar-refractivity contribution in [3.05, 3.63) is 83.6 Å². The van der Waals surface area contributed by atoms with Gasteiger partial charge in [0.1, 0.15) is 17.6 Å². The number of carbonyl (C=O) groups excluding carboxylic acids is 1. The summed E-state index contributed by atoms with van der Waals surface area (Å²) in [4.78, 5) is 24.4. The summed E-state index contributed by atoms with van der Waals surface area (Å²) in [6, 6.07) is 22.6. The van der Waals surface area contributed by atoms with Gasteiger partial charge >= 0.3 is 6.01 Å². The lowest BCUT2D eigenvalue weighted by molar-refractivity contribution is -0.116. The summed E-state index contributed by atoms with van der Waals surface area (Å²) in [7, 11) is 0.